The maximum Gasteiger partial charge on any atom is 0.336 e. The fourth-order valence-corrected chi connectivity index (χ4v) is 5.97. The third-order valence-corrected chi connectivity index (χ3v) is 7.73. The summed E-state index contributed by atoms with van der Waals surface area (Å²) in [4.78, 5) is 26.9. The molecule has 2 aromatic carbocycles. The summed E-state index contributed by atoms with van der Waals surface area (Å²) >= 11 is 12.6. The Bertz CT molecular complexity index is 1500. The Balaban J connectivity index is 1.72. The van der Waals surface area contributed by atoms with Gasteiger partial charge in [-0.25, -0.2) is 4.79 Å². The number of carbonyl (C=O) groups is 2. The van der Waals surface area contributed by atoms with Crippen molar-refractivity contribution >= 4 is 35.0 Å². The van der Waals surface area contributed by atoms with Crippen LogP contribution in [0.15, 0.2) is 77.3 Å². The van der Waals surface area contributed by atoms with E-state index in [4.69, 9.17) is 33.0 Å². The van der Waals surface area contributed by atoms with Crippen LogP contribution in [0.25, 0.3) is 11.3 Å². The predicted octanol–water partition coefficient (Wildman–Crippen LogP) is 6.68. The highest BCUT2D eigenvalue weighted by Crippen LogP contribution is 2.48. The summed E-state index contributed by atoms with van der Waals surface area (Å²) < 4.78 is 7.02. The molecule has 196 valence electrons. The van der Waals surface area contributed by atoms with E-state index in [0.717, 1.165) is 22.4 Å². The second kappa shape index (κ2) is 10.1. The third-order valence-electron chi connectivity index (χ3n) is 7.14. The summed E-state index contributed by atoms with van der Waals surface area (Å²) in [5.74, 6) is -1.07. The number of dihydropyridines is 1. The smallest absolute Gasteiger partial charge is 0.336 e. The average Bonchev–Trinajstić information content (AvgIpc) is 3.28. The Kier molecular flexibility index (Phi) is 6.97. The van der Waals surface area contributed by atoms with Gasteiger partial charge in [-0.05, 0) is 36.5 Å². The highest BCUT2D eigenvalue weighted by molar-refractivity contribution is 6.35. The first-order valence-electron chi connectivity index (χ1n) is 12.5. The molecule has 1 aliphatic heterocycles. The van der Waals surface area contributed by atoms with Gasteiger partial charge in [-0.15, -0.1) is 0 Å². The summed E-state index contributed by atoms with van der Waals surface area (Å²) in [7, 11) is 1.36. The van der Waals surface area contributed by atoms with Crippen LogP contribution in [0.1, 0.15) is 50.7 Å². The zero-order valence-electron chi connectivity index (χ0n) is 21.8. The van der Waals surface area contributed by atoms with E-state index in [1.807, 2.05) is 49.5 Å². The maximum absolute atomic E-state index is 13.7. The Hall–Kier alpha value is -3.35. The molecular weight excluding hydrogens is 521 g/mol. The second-order valence-electron chi connectivity index (χ2n) is 10.7. The maximum atomic E-state index is 13.7. The highest BCUT2D eigenvalue weighted by Gasteiger charge is 2.44. The monoisotopic (exact) mass is 549 g/mol. The fourth-order valence-electron chi connectivity index (χ4n) is 5.50. The van der Waals surface area contributed by atoms with Crippen molar-refractivity contribution in [3.05, 3.63) is 98.4 Å². The second-order valence-corrected chi connectivity index (χ2v) is 11.5. The minimum absolute atomic E-state index is 0.0233. The number of Topliss-reactive ketones (excluding diaryl/α,β-unsaturated/α-hetero) is 1. The van der Waals surface area contributed by atoms with E-state index in [0.29, 0.717) is 52.0 Å². The molecule has 1 aliphatic carbocycles. The predicted molar refractivity (Wildman–Crippen MR) is 149 cm³/mol. The molecule has 0 fully saturated rings. The van der Waals surface area contributed by atoms with Gasteiger partial charge < -0.3 is 10.1 Å². The van der Waals surface area contributed by atoms with Gasteiger partial charge in [0.2, 0.25) is 0 Å². The molecule has 38 heavy (non-hydrogen) atoms. The zero-order chi connectivity index (χ0) is 27.2. The lowest BCUT2D eigenvalue weighted by Crippen LogP contribution is -2.38. The van der Waals surface area contributed by atoms with Gasteiger partial charge in [0, 0.05) is 50.8 Å². The first kappa shape index (κ1) is 26.3. The van der Waals surface area contributed by atoms with Crippen molar-refractivity contribution < 1.29 is 14.3 Å². The van der Waals surface area contributed by atoms with E-state index in [9.17, 15) is 9.59 Å². The van der Waals surface area contributed by atoms with Crippen LogP contribution in [0.2, 0.25) is 10.0 Å². The van der Waals surface area contributed by atoms with Crippen molar-refractivity contribution in [3.63, 3.8) is 0 Å². The molecule has 3 aromatic rings. The number of nitrogens with one attached hydrogen (secondary N) is 1. The quantitative estimate of drug-likeness (QED) is 0.359. The number of hydrogen-bond acceptors (Lipinski definition) is 5. The molecule has 0 bridgehead atoms. The van der Waals surface area contributed by atoms with Crippen molar-refractivity contribution in [3.8, 4) is 11.3 Å². The van der Waals surface area contributed by atoms with Gasteiger partial charge >= 0.3 is 5.97 Å². The van der Waals surface area contributed by atoms with Gasteiger partial charge in [0.15, 0.2) is 5.78 Å². The van der Waals surface area contributed by atoms with Crippen molar-refractivity contribution in [2.24, 2.45) is 5.41 Å². The summed E-state index contributed by atoms with van der Waals surface area (Å²) in [6.07, 6.45) is 3.01. The van der Waals surface area contributed by atoms with Crippen LogP contribution >= 0.6 is 23.2 Å². The Morgan fingerprint density at radius 2 is 1.89 bits per heavy atom. The summed E-state index contributed by atoms with van der Waals surface area (Å²) in [6, 6.07) is 15.1. The SMILES string of the molecule is COC(=O)C1=C(C)NC2=C(C(=O)CC(C)(C)C2)[C@@H]1c1cn(Cc2ccc(Cl)cc2Cl)nc1-c1ccccc1. The molecular formula is C30H29Cl2N3O3. The topological polar surface area (TPSA) is 73.2 Å². The number of esters is 1. The number of allylic oxidation sites excluding steroid dienone is 3. The van der Waals surface area contributed by atoms with E-state index in [2.05, 4.69) is 19.2 Å². The number of halogens is 2. The lowest BCUT2D eigenvalue weighted by Gasteiger charge is -2.39. The largest absolute Gasteiger partial charge is 0.466 e. The number of nitrogens with zero attached hydrogens (tertiary/aromatic N) is 2. The minimum Gasteiger partial charge on any atom is -0.466 e. The van der Waals surface area contributed by atoms with Crippen LogP contribution in [0.5, 0.6) is 0 Å². The first-order valence-corrected chi connectivity index (χ1v) is 13.2. The molecule has 0 spiro atoms. The standard InChI is InChI=1S/C30H29Cl2N3O3/c1-17-25(29(37)38-4)26(27-23(33-17)13-30(2,3)14-24(27)36)21-16-35(15-19-10-11-20(31)12-22(19)32)34-28(21)18-8-6-5-7-9-18/h5-12,16,26,33H,13-15H2,1-4H3/t26-/m1/s1. The Labute approximate surface area is 232 Å². The Morgan fingerprint density at radius 1 is 1.16 bits per heavy atom. The number of carbonyl (C=O) groups excluding carboxylic acids is 2. The molecule has 0 unspecified atom stereocenters. The zero-order valence-corrected chi connectivity index (χ0v) is 23.3. The van der Waals surface area contributed by atoms with E-state index >= 15 is 0 Å². The van der Waals surface area contributed by atoms with Crippen LogP contribution < -0.4 is 5.32 Å². The van der Waals surface area contributed by atoms with E-state index in [1.54, 1.807) is 16.8 Å². The molecule has 2 aliphatic rings. The number of aromatic nitrogens is 2. The van der Waals surface area contributed by atoms with Gasteiger partial charge in [-0.3, -0.25) is 9.48 Å². The molecule has 0 saturated carbocycles. The molecule has 0 radical (unpaired) electrons. The lowest BCUT2D eigenvalue weighted by molar-refractivity contribution is -0.136. The first-order chi connectivity index (χ1) is 18.1. The fraction of sp³-hybridized carbons (Fsp3) is 0.300. The van der Waals surface area contributed by atoms with Crippen LogP contribution in [-0.2, 0) is 20.9 Å². The van der Waals surface area contributed by atoms with Crippen LogP contribution in [-0.4, -0.2) is 28.6 Å². The third kappa shape index (κ3) is 4.91. The average molecular weight is 550 g/mol. The molecule has 6 nitrogen and oxygen atoms in total. The number of hydrogen-bond donors (Lipinski definition) is 1. The van der Waals surface area contributed by atoms with Crippen LogP contribution in [0, 0.1) is 5.41 Å². The summed E-state index contributed by atoms with van der Waals surface area (Å²) in [5.41, 5.74) is 5.57. The molecule has 0 saturated heterocycles. The lowest BCUT2D eigenvalue weighted by atomic mass is 9.68. The van der Waals surface area contributed by atoms with Gasteiger partial charge in [0.1, 0.15) is 0 Å². The molecule has 1 aromatic heterocycles. The van der Waals surface area contributed by atoms with Crippen molar-refractivity contribution in [1.82, 2.24) is 15.1 Å². The van der Waals surface area contributed by atoms with Crippen LogP contribution in [0.4, 0.5) is 0 Å². The van der Waals surface area contributed by atoms with Crippen molar-refractivity contribution in [2.45, 2.75) is 46.1 Å². The number of methoxy groups -OCH3 is 1. The van der Waals surface area contributed by atoms with E-state index in [1.165, 1.54) is 7.11 Å². The molecule has 8 heteroatoms. The van der Waals surface area contributed by atoms with Crippen molar-refractivity contribution in [2.75, 3.05) is 7.11 Å². The van der Waals surface area contributed by atoms with Crippen molar-refractivity contribution in [1.29, 1.82) is 0 Å². The molecule has 0 amide bonds. The minimum atomic E-state index is -0.619. The number of ether oxygens (including phenoxy) is 1. The molecule has 1 N–H and O–H groups in total. The summed E-state index contributed by atoms with van der Waals surface area (Å²) in [5, 5.41) is 9.41. The molecule has 5 rings (SSSR count). The van der Waals surface area contributed by atoms with Gasteiger partial charge in [-0.1, -0.05) is 73.4 Å². The summed E-state index contributed by atoms with van der Waals surface area (Å²) in [6.45, 7) is 6.42. The molecule has 2 heterocycles. The van der Waals surface area contributed by atoms with Crippen LogP contribution in [0.3, 0.4) is 0 Å². The number of benzene rings is 2. The number of rotatable bonds is 5. The van der Waals surface area contributed by atoms with E-state index < -0.39 is 11.9 Å². The number of ketones is 1. The van der Waals surface area contributed by atoms with Gasteiger partial charge in [0.25, 0.3) is 0 Å². The van der Waals surface area contributed by atoms with Gasteiger partial charge in [-0.2, -0.15) is 5.10 Å². The van der Waals surface area contributed by atoms with Gasteiger partial charge in [0.05, 0.1) is 30.8 Å². The Morgan fingerprint density at radius 3 is 2.58 bits per heavy atom. The van der Waals surface area contributed by atoms with E-state index in [-0.39, 0.29) is 11.2 Å². The molecule has 1 atom stereocenters. The normalized spacial score (nSPS) is 18.8. The highest BCUT2D eigenvalue weighted by atomic mass is 35.5.